The van der Waals surface area contributed by atoms with Crippen LogP contribution < -0.4 is 11.1 Å². The Morgan fingerprint density at radius 2 is 2.06 bits per heavy atom. The van der Waals surface area contributed by atoms with Gasteiger partial charge in [0.1, 0.15) is 0 Å². The number of nitrogens with one attached hydrogen (secondary N) is 1. The number of hydrogen-bond acceptors (Lipinski definition) is 3. The Labute approximate surface area is 105 Å². The van der Waals surface area contributed by atoms with E-state index in [0.717, 1.165) is 32.4 Å². The van der Waals surface area contributed by atoms with Crippen LogP contribution in [0.3, 0.4) is 0 Å². The topological polar surface area (TPSA) is 58.4 Å². The van der Waals surface area contributed by atoms with Gasteiger partial charge in [0, 0.05) is 0 Å². The van der Waals surface area contributed by atoms with Crippen LogP contribution in [0.25, 0.3) is 0 Å². The van der Waals surface area contributed by atoms with Crippen LogP contribution in [-0.2, 0) is 4.79 Å². The first-order valence-electron chi connectivity index (χ1n) is 6.86. The molecular weight excluding hydrogens is 214 g/mol. The monoisotopic (exact) mass is 241 g/mol. The minimum Gasteiger partial charge on any atom is -0.368 e. The molecule has 1 aliphatic rings. The lowest BCUT2D eigenvalue weighted by atomic mass is 9.94. The number of amides is 1. The van der Waals surface area contributed by atoms with Gasteiger partial charge in [-0.2, -0.15) is 0 Å². The molecule has 1 amide bonds. The fourth-order valence-electron chi connectivity index (χ4n) is 2.36. The summed E-state index contributed by atoms with van der Waals surface area (Å²) >= 11 is 0. The molecule has 1 unspecified atom stereocenters. The van der Waals surface area contributed by atoms with E-state index >= 15 is 0 Å². The average molecular weight is 241 g/mol. The predicted octanol–water partition coefficient (Wildman–Crippen LogP) is 1.11. The number of carbonyl (C=O) groups is 1. The van der Waals surface area contributed by atoms with Gasteiger partial charge in [-0.25, -0.2) is 0 Å². The lowest BCUT2D eigenvalue weighted by Crippen LogP contribution is -2.53. The van der Waals surface area contributed by atoms with E-state index in [1.807, 2.05) is 6.92 Å². The van der Waals surface area contributed by atoms with Crippen molar-refractivity contribution >= 4 is 5.91 Å². The van der Waals surface area contributed by atoms with Crippen LogP contribution in [0.15, 0.2) is 0 Å². The van der Waals surface area contributed by atoms with E-state index in [9.17, 15) is 4.79 Å². The van der Waals surface area contributed by atoms with Gasteiger partial charge in [-0.3, -0.25) is 4.79 Å². The van der Waals surface area contributed by atoms with Crippen molar-refractivity contribution < 1.29 is 4.79 Å². The molecule has 4 nitrogen and oxygen atoms in total. The SMILES string of the molecule is CCCNC(C)(CCCN1CCCC1)C(N)=O. The second-order valence-electron chi connectivity index (χ2n) is 5.28. The van der Waals surface area contributed by atoms with Crippen molar-refractivity contribution in [1.82, 2.24) is 10.2 Å². The van der Waals surface area contributed by atoms with E-state index in [2.05, 4.69) is 17.1 Å². The molecule has 0 bridgehead atoms. The molecule has 4 heteroatoms. The summed E-state index contributed by atoms with van der Waals surface area (Å²) in [6, 6.07) is 0. The van der Waals surface area contributed by atoms with Crippen molar-refractivity contribution in [3.63, 3.8) is 0 Å². The third-order valence-electron chi connectivity index (χ3n) is 3.66. The molecule has 1 atom stereocenters. The molecule has 0 aromatic heterocycles. The van der Waals surface area contributed by atoms with Gasteiger partial charge in [-0.15, -0.1) is 0 Å². The predicted molar refractivity (Wildman–Crippen MR) is 70.8 cm³/mol. The highest BCUT2D eigenvalue weighted by Gasteiger charge is 2.29. The van der Waals surface area contributed by atoms with Crippen LogP contribution >= 0.6 is 0 Å². The zero-order valence-electron chi connectivity index (χ0n) is 11.3. The zero-order valence-corrected chi connectivity index (χ0v) is 11.3. The first kappa shape index (κ1) is 14.5. The Hall–Kier alpha value is -0.610. The van der Waals surface area contributed by atoms with E-state index in [4.69, 9.17) is 5.73 Å². The smallest absolute Gasteiger partial charge is 0.237 e. The van der Waals surface area contributed by atoms with Gasteiger partial charge < -0.3 is 16.0 Å². The van der Waals surface area contributed by atoms with Gasteiger partial charge >= 0.3 is 0 Å². The van der Waals surface area contributed by atoms with Crippen LogP contribution in [-0.4, -0.2) is 42.5 Å². The van der Waals surface area contributed by atoms with E-state index in [1.165, 1.54) is 25.9 Å². The molecule has 1 heterocycles. The molecule has 0 aliphatic carbocycles. The molecule has 0 saturated carbocycles. The second-order valence-corrected chi connectivity index (χ2v) is 5.28. The summed E-state index contributed by atoms with van der Waals surface area (Å²) in [5, 5.41) is 3.28. The summed E-state index contributed by atoms with van der Waals surface area (Å²) in [6.07, 6.45) is 5.53. The molecule has 1 aliphatic heterocycles. The summed E-state index contributed by atoms with van der Waals surface area (Å²) < 4.78 is 0. The van der Waals surface area contributed by atoms with Gasteiger partial charge in [0.25, 0.3) is 0 Å². The zero-order chi connectivity index (χ0) is 12.7. The Morgan fingerprint density at radius 3 is 2.59 bits per heavy atom. The summed E-state index contributed by atoms with van der Waals surface area (Å²) in [7, 11) is 0. The fraction of sp³-hybridized carbons (Fsp3) is 0.923. The Bertz CT molecular complexity index is 239. The molecular formula is C13H27N3O. The molecule has 1 saturated heterocycles. The van der Waals surface area contributed by atoms with Crippen molar-refractivity contribution in [3.8, 4) is 0 Å². The van der Waals surface area contributed by atoms with Gasteiger partial charge in [0.2, 0.25) is 5.91 Å². The standard InChI is InChI=1S/C13H27N3O/c1-3-8-15-13(2,12(14)17)7-6-11-16-9-4-5-10-16/h15H,3-11H2,1-2H3,(H2,14,17). The van der Waals surface area contributed by atoms with Crippen molar-refractivity contribution in [3.05, 3.63) is 0 Å². The average Bonchev–Trinajstić information content (AvgIpc) is 2.79. The molecule has 100 valence electrons. The maximum atomic E-state index is 11.5. The Morgan fingerprint density at radius 1 is 1.41 bits per heavy atom. The van der Waals surface area contributed by atoms with E-state index in [-0.39, 0.29) is 5.91 Å². The number of likely N-dealkylation sites (tertiary alicyclic amines) is 1. The van der Waals surface area contributed by atoms with Crippen LogP contribution in [0, 0.1) is 0 Å². The summed E-state index contributed by atoms with van der Waals surface area (Å²) in [6.45, 7) is 8.40. The molecule has 0 radical (unpaired) electrons. The first-order chi connectivity index (χ1) is 8.08. The maximum Gasteiger partial charge on any atom is 0.237 e. The number of rotatable bonds is 8. The Kier molecular flexibility index (Phi) is 5.92. The number of nitrogens with two attached hydrogens (primary N) is 1. The molecule has 17 heavy (non-hydrogen) atoms. The number of carbonyl (C=O) groups excluding carboxylic acids is 1. The van der Waals surface area contributed by atoms with Crippen LogP contribution in [0.2, 0.25) is 0 Å². The molecule has 3 N–H and O–H groups in total. The van der Waals surface area contributed by atoms with Gasteiger partial charge in [0.05, 0.1) is 5.54 Å². The fourth-order valence-corrected chi connectivity index (χ4v) is 2.36. The summed E-state index contributed by atoms with van der Waals surface area (Å²) in [5.41, 5.74) is 4.96. The van der Waals surface area contributed by atoms with Gasteiger partial charge in [-0.05, 0) is 65.2 Å². The molecule has 0 aromatic rings. The molecule has 1 fully saturated rings. The quantitative estimate of drug-likeness (QED) is 0.669. The Balaban J connectivity index is 2.30. The van der Waals surface area contributed by atoms with Crippen LogP contribution in [0.5, 0.6) is 0 Å². The third kappa shape index (κ3) is 4.64. The number of primary amides is 1. The van der Waals surface area contributed by atoms with Crippen molar-refractivity contribution in [2.24, 2.45) is 5.73 Å². The van der Waals surface area contributed by atoms with Crippen LogP contribution in [0.4, 0.5) is 0 Å². The van der Waals surface area contributed by atoms with E-state index in [1.54, 1.807) is 0 Å². The highest BCUT2D eigenvalue weighted by molar-refractivity contribution is 5.84. The largest absolute Gasteiger partial charge is 0.368 e. The number of nitrogens with zero attached hydrogens (tertiary/aromatic N) is 1. The lowest BCUT2D eigenvalue weighted by Gasteiger charge is -2.28. The highest BCUT2D eigenvalue weighted by atomic mass is 16.1. The van der Waals surface area contributed by atoms with Crippen molar-refractivity contribution in [1.29, 1.82) is 0 Å². The van der Waals surface area contributed by atoms with E-state index in [0.29, 0.717) is 0 Å². The van der Waals surface area contributed by atoms with Crippen molar-refractivity contribution in [2.75, 3.05) is 26.2 Å². The van der Waals surface area contributed by atoms with Gasteiger partial charge in [0.15, 0.2) is 0 Å². The molecule has 1 rings (SSSR count). The summed E-state index contributed by atoms with van der Waals surface area (Å²) in [5.74, 6) is -0.229. The van der Waals surface area contributed by atoms with Crippen LogP contribution in [0.1, 0.15) is 46.0 Å². The molecule has 0 aromatic carbocycles. The first-order valence-corrected chi connectivity index (χ1v) is 6.86. The minimum absolute atomic E-state index is 0.229. The van der Waals surface area contributed by atoms with Gasteiger partial charge in [-0.1, -0.05) is 6.92 Å². The lowest BCUT2D eigenvalue weighted by molar-refractivity contribution is -0.124. The summed E-state index contributed by atoms with van der Waals surface area (Å²) in [4.78, 5) is 14.0. The van der Waals surface area contributed by atoms with Crippen molar-refractivity contribution in [2.45, 2.75) is 51.5 Å². The second kappa shape index (κ2) is 6.97. The highest BCUT2D eigenvalue weighted by Crippen LogP contribution is 2.14. The minimum atomic E-state index is -0.532. The third-order valence-corrected chi connectivity index (χ3v) is 3.66. The number of hydrogen-bond donors (Lipinski definition) is 2. The van der Waals surface area contributed by atoms with E-state index < -0.39 is 5.54 Å². The molecule has 0 spiro atoms. The maximum absolute atomic E-state index is 11.5. The normalized spacial score (nSPS) is 20.4.